The third-order valence-corrected chi connectivity index (χ3v) is 5.53. The molecule has 0 bridgehead atoms. The van der Waals surface area contributed by atoms with Gasteiger partial charge < -0.3 is 30.1 Å². The summed E-state index contributed by atoms with van der Waals surface area (Å²) in [5, 5.41) is 21.8. The number of hydrogen-bond acceptors (Lipinski definition) is 7. The van der Waals surface area contributed by atoms with Crippen LogP contribution >= 0.6 is 0 Å². The number of aromatic nitrogens is 2. The van der Waals surface area contributed by atoms with E-state index in [2.05, 4.69) is 27.4 Å². The fraction of sp³-hybridized carbons (Fsp3) is 0.269. The van der Waals surface area contributed by atoms with E-state index < -0.39 is 11.8 Å². The molecule has 190 valence electrons. The predicted molar refractivity (Wildman–Crippen MR) is 139 cm³/mol. The number of H-pyrrole nitrogens is 1. The smallest absolute Gasteiger partial charge is 0.258 e. The Bertz CT molecular complexity index is 1200. The molecule has 0 aliphatic rings. The highest BCUT2D eigenvalue weighted by Gasteiger charge is 2.16. The van der Waals surface area contributed by atoms with Crippen molar-refractivity contribution < 1.29 is 24.2 Å². The number of rotatable bonds is 12. The summed E-state index contributed by atoms with van der Waals surface area (Å²) in [4.78, 5) is 26.8. The fourth-order valence-electron chi connectivity index (χ4n) is 3.56. The van der Waals surface area contributed by atoms with Crippen molar-refractivity contribution in [1.82, 2.24) is 10.2 Å². The van der Waals surface area contributed by atoms with Crippen molar-refractivity contribution in [3.8, 4) is 11.5 Å². The summed E-state index contributed by atoms with van der Waals surface area (Å²) in [6, 6.07) is 12.5. The molecule has 1 heterocycles. The summed E-state index contributed by atoms with van der Waals surface area (Å²) in [5.41, 5.74) is 3.20. The molecule has 3 rings (SSSR count). The van der Waals surface area contributed by atoms with E-state index in [4.69, 9.17) is 9.47 Å². The number of amides is 2. The molecular weight excluding hydrogens is 462 g/mol. The van der Waals surface area contributed by atoms with Crippen molar-refractivity contribution in [1.29, 1.82) is 0 Å². The molecule has 0 spiro atoms. The van der Waals surface area contributed by atoms with E-state index in [0.717, 1.165) is 34.5 Å². The first kappa shape index (κ1) is 26.3. The standard InChI is InChI=1S/C26H31N5O5/c1-5-25(33)27-23-15-19(31(2)10-11-32)8-9-22(23)26(34)28-24-14-18(29-30-24)7-6-17-12-20(35-3)16-21(13-17)36-4/h5,8-9,12-16,32H,1,6-7,10-11H2,2-4H3,(H,27,33)(H2,28,29,30,34). The zero-order chi connectivity index (χ0) is 26.1. The highest BCUT2D eigenvalue weighted by atomic mass is 16.5. The summed E-state index contributed by atoms with van der Waals surface area (Å²) in [5.74, 6) is 0.925. The van der Waals surface area contributed by atoms with Crippen LogP contribution in [0.25, 0.3) is 0 Å². The van der Waals surface area contributed by atoms with Gasteiger partial charge in [-0.1, -0.05) is 6.58 Å². The SMILES string of the molecule is C=CC(=O)Nc1cc(N(C)CCO)ccc1C(=O)Nc1cc(CCc2cc(OC)cc(OC)c2)[nH]n1. The monoisotopic (exact) mass is 493 g/mol. The van der Waals surface area contributed by atoms with Gasteiger partial charge in [0.1, 0.15) is 11.5 Å². The average molecular weight is 494 g/mol. The van der Waals surface area contributed by atoms with Crippen molar-refractivity contribution in [2.75, 3.05) is 50.0 Å². The van der Waals surface area contributed by atoms with E-state index in [1.54, 1.807) is 45.5 Å². The van der Waals surface area contributed by atoms with Crippen LogP contribution in [0.2, 0.25) is 0 Å². The van der Waals surface area contributed by atoms with Gasteiger partial charge >= 0.3 is 0 Å². The Morgan fingerprint density at radius 3 is 2.44 bits per heavy atom. The fourth-order valence-corrected chi connectivity index (χ4v) is 3.56. The van der Waals surface area contributed by atoms with Gasteiger partial charge in [-0.05, 0) is 54.8 Å². The molecule has 0 aliphatic heterocycles. The number of methoxy groups -OCH3 is 2. The normalized spacial score (nSPS) is 10.4. The topological polar surface area (TPSA) is 129 Å². The van der Waals surface area contributed by atoms with Gasteiger partial charge in [0.05, 0.1) is 32.1 Å². The largest absolute Gasteiger partial charge is 0.497 e. The summed E-state index contributed by atoms with van der Waals surface area (Å²) in [6.07, 6.45) is 2.50. The van der Waals surface area contributed by atoms with Crippen molar-refractivity contribution in [3.05, 3.63) is 71.9 Å². The lowest BCUT2D eigenvalue weighted by molar-refractivity contribution is -0.111. The number of likely N-dealkylation sites (N-methyl/N-ethyl adjacent to an activating group) is 1. The van der Waals surface area contributed by atoms with Gasteiger partial charge in [-0.25, -0.2) is 0 Å². The third-order valence-electron chi connectivity index (χ3n) is 5.53. The number of aryl methyl sites for hydroxylation is 2. The summed E-state index contributed by atoms with van der Waals surface area (Å²) < 4.78 is 10.6. The van der Waals surface area contributed by atoms with Crippen LogP contribution in [-0.4, -0.2) is 61.5 Å². The molecule has 10 nitrogen and oxygen atoms in total. The molecular formula is C26H31N5O5. The van der Waals surface area contributed by atoms with Crippen molar-refractivity contribution in [2.24, 2.45) is 0 Å². The minimum atomic E-state index is -0.442. The summed E-state index contributed by atoms with van der Waals surface area (Å²) in [6.45, 7) is 3.84. The van der Waals surface area contributed by atoms with Gasteiger partial charge in [0.2, 0.25) is 5.91 Å². The van der Waals surface area contributed by atoms with E-state index in [-0.39, 0.29) is 12.2 Å². The Kier molecular flexibility index (Phi) is 9.07. The van der Waals surface area contributed by atoms with E-state index >= 15 is 0 Å². The van der Waals surface area contributed by atoms with Gasteiger partial charge in [-0.15, -0.1) is 0 Å². The first-order chi connectivity index (χ1) is 17.4. The zero-order valence-corrected chi connectivity index (χ0v) is 20.6. The quantitative estimate of drug-likeness (QED) is 0.286. The van der Waals surface area contributed by atoms with Gasteiger partial charge in [0.25, 0.3) is 5.91 Å². The lowest BCUT2D eigenvalue weighted by Gasteiger charge is -2.20. The molecule has 0 aliphatic carbocycles. The number of nitrogens with zero attached hydrogens (tertiary/aromatic N) is 2. The second-order valence-electron chi connectivity index (χ2n) is 8.02. The number of nitrogens with one attached hydrogen (secondary N) is 3. The molecule has 0 saturated heterocycles. The number of aromatic amines is 1. The molecule has 0 unspecified atom stereocenters. The molecule has 0 saturated carbocycles. The van der Waals surface area contributed by atoms with Crippen LogP contribution in [-0.2, 0) is 17.6 Å². The van der Waals surface area contributed by atoms with E-state index in [1.165, 1.54) is 0 Å². The number of hydrogen-bond donors (Lipinski definition) is 4. The lowest BCUT2D eigenvalue weighted by Crippen LogP contribution is -2.22. The Labute approximate surface area is 209 Å². The molecule has 36 heavy (non-hydrogen) atoms. The van der Waals surface area contributed by atoms with Gasteiger partial charge in [0, 0.05) is 37.1 Å². The number of carbonyl (C=O) groups excluding carboxylic acids is 2. The Balaban J connectivity index is 1.72. The van der Waals surface area contributed by atoms with Crippen LogP contribution in [0.4, 0.5) is 17.2 Å². The van der Waals surface area contributed by atoms with Crippen molar-refractivity contribution in [3.63, 3.8) is 0 Å². The second-order valence-corrected chi connectivity index (χ2v) is 8.02. The van der Waals surface area contributed by atoms with Gasteiger partial charge in [-0.3, -0.25) is 14.7 Å². The van der Waals surface area contributed by atoms with Gasteiger partial charge in [0.15, 0.2) is 5.82 Å². The maximum Gasteiger partial charge on any atom is 0.258 e. The Morgan fingerprint density at radius 2 is 1.81 bits per heavy atom. The highest BCUT2D eigenvalue weighted by molar-refractivity contribution is 6.11. The van der Waals surface area contributed by atoms with Crippen LogP contribution < -0.4 is 25.0 Å². The van der Waals surface area contributed by atoms with Crippen LogP contribution in [0.15, 0.2) is 55.1 Å². The average Bonchev–Trinajstić information content (AvgIpc) is 3.34. The van der Waals surface area contributed by atoms with Gasteiger partial charge in [-0.2, -0.15) is 5.10 Å². The first-order valence-corrected chi connectivity index (χ1v) is 11.3. The molecule has 10 heteroatoms. The van der Waals surface area contributed by atoms with Crippen LogP contribution in [0.3, 0.4) is 0 Å². The van der Waals surface area contributed by atoms with Crippen LogP contribution in [0.1, 0.15) is 21.6 Å². The first-order valence-electron chi connectivity index (χ1n) is 11.3. The van der Waals surface area contributed by atoms with E-state index in [0.29, 0.717) is 30.9 Å². The number of anilines is 3. The molecule has 1 aromatic heterocycles. The molecule has 2 aromatic carbocycles. The number of benzene rings is 2. The maximum atomic E-state index is 13.0. The zero-order valence-electron chi connectivity index (χ0n) is 20.6. The molecule has 2 amide bonds. The number of aliphatic hydroxyl groups excluding tert-OH is 1. The highest BCUT2D eigenvalue weighted by Crippen LogP contribution is 2.25. The Hall–Kier alpha value is -4.31. The molecule has 0 atom stereocenters. The molecule has 4 N–H and O–H groups in total. The number of ether oxygens (including phenoxy) is 2. The molecule has 0 fully saturated rings. The number of carbonyl (C=O) groups is 2. The predicted octanol–water partition coefficient (Wildman–Crippen LogP) is 3.02. The van der Waals surface area contributed by atoms with E-state index in [1.807, 2.05) is 23.1 Å². The van der Waals surface area contributed by atoms with E-state index in [9.17, 15) is 14.7 Å². The number of aliphatic hydroxyl groups is 1. The third kappa shape index (κ3) is 6.86. The molecule has 0 radical (unpaired) electrons. The summed E-state index contributed by atoms with van der Waals surface area (Å²) in [7, 11) is 5.02. The maximum absolute atomic E-state index is 13.0. The van der Waals surface area contributed by atoms with Crippen molar-refractivity contribution >= 4 is 29.0 Å². The minimum Gasteiger partial charge on any atom is -0.497 e. The van der Waals surface area contributed by atoms with Crippen molar-refractivity contribution in [2.45, 2.75) is 12.8 Å². The minimum absolute atomic E-state index is 0.0278. The van der Waals surface area contributed by atoms with Crippen LogP contribution in [0.5, 0.6) is 11.5 Å². The second kappa shape index (κ2) is 12.4. The lowest BCUT2D eigenvalue weighted by atomic mass is 10.1. The molecule has 3 aromatic rings. The van der Waals surface area contributed by atoms with Crippen LogP contribution in [0, 0.1) is 0 Å². The Morgan fingerprint density at radius 1 is 1.08 bits per heavy atom. The summed E-state index contributed by atoms with van der Waals surface area (Å²) >= 11 is 0.